The number of carbonyl (C=O) groups excluding carboxylic acids is 1. The minimum atomic E-state index is -4.33. The number of alkyl halides is 3. The fraction of sp³-hybridized carbons (Fsp3) is 0.350. The van der Waals surface area contributed by atoms with Crippen molar-refractivity contribution in [2.45, 2.75) is 38.6 Å². The van der Waals surface area contributed by atoms with Crippen LogP contribution in [-0.2, 0) is 28.1 Å². The number of halogens is 4. The highest BCUT2D eigenvalue weighted by molar-refractivity contribution is 6.30. The summed E-state index contributed by atoms with van der Waals surface area (Å²) in [5.41, 5.74) is 1.60. The molecule has 0 spiro atoms. The van der Waals surface area contributed by atoms with E-state index < -0.39 is 18.2 Å². The van der Waals surface area contributed by atoms with Crippen LogP contribution in [0, 0.1) is 0 Å². The minimum Gasteiger partial charge on any atom is -0.367 e. The summed E-state index contributed by atoms with van der Waals surface area (Å²) in [6.07, 6.45) is -4.33. The summed E-state index contributed by atoms with van der Waals surface area (Å²) in [5.74, 6) is -0.137. The van der Waals surface area contributed by atoms with Crippen LogP contribution in [0.1, 0.15) is 30.5 Å². The SMILES string of the molecule is CC(C)(C(=O)NCc1ccc(COCC(F)(F)F)cc1)c1ccc(Cl)cc1. The summed E-state index contributed by atoms with van der Waals surface area (Å²) in [5, 5.41) is 3.49. The zero-order valence-corrected chi connectivity index (χ0v) is 15.8. The maximum atomic E-state index is 12.6. The van der Waals surface area contributed by atoms with Gasteiger partial charge >= 0.3 is 6.18 Å². The highest BCUT2D eigenvalue weighted by Crippen LogP contribution is 2.25. The van der Waals surface area contributed by atoms with Crippen LogP contribution in [0.3, 0.4) is 0 Å². The molecular formula is C20H21ClF3NO2. The normalized spacial score (nSPS) is 12.1. The molecule has 27 heavy (non-hydrogen) atoms. The fourth-order valence-electron chi connectivity index (χ4n) is 2.44. The molecule has 3 nitrogen and oxygen atoms in total. The first kappa shape index (κ1) is 21.3. The monoisotopic (exact) mass is 399 g/mol. The van der Waals surface area contributed by atoms with E-state index in [1.807, 2.05) is 26.0 Å². The van der Waals surface area contributed by atoms with E-state index >= 15 is 0 Å². The van der Waals surface area contributed by atoms with Crippen LogP contribution in [0.4, 0.5) is 13.2 Å². The lowest BCUT2D eigenvalue weighted by Crippen LogP contribution is -2.39. The Bertz CT molecular complexity index is 756. The Kier molecular flexibility index (Phi) is 6.89. The maximum Gasteiger partial charge on any atom is 0.411 e. The molecule has 0 atom stereocenters. The molecule has 0 unspecified atom stereocenters. The number of amides is 1. The lowest BCUT2D eigenvalue weighted by atomic mass is 9.83. The second kappa shape index (κ2) is 8.76. The van der Waals surface area contributed by atoms with E-state index in [4.69, 9.17) is 11.6 Å². The first-order chi connectivity index (χ1) is 12.6. The summed E-state index contributed by atoms with van der Waals surface area (Å²) in [4.78, 5) is 12.6. The van der Waals surface area contributed by atoms with Crippen molar-refractivity contribution in [2.24, 2.45) is 0 Å². The lowest BCUT2D eigenvalue weighted by molar-refractivity contribution is -0.176. The van der Waals surface area contributed by atoms with Gasteiger partial charge in [-0.2, -0.15) is 13.2 Å². The average molecular weight is 400 g/mol. The van der Waals surface area contributed by atoms with E-state index in [0.717, 1.165) is 11.1 Å². The summed E-state index contributed by atoms with van der Waals surface area (Å²) in [6, 6.07) is 14.0. The molecular weight excluding hydrogens is 379 g/mol. The fourth-order valence-corrected chi connectivity index (χ4v) is 2.56. The second-order valence-electron chi connectivity index (χ2n) is 6.74. The maximum absolute atomic E-state index is 12.6. The van der Waals surface area contributed by atoms with E-state index in [-0.39, 0.29) is 12.5 Å². The standard InChI is InChI=1S/C20H21ClF3NO2/c1-19(2,16-7-9-17(21)10-8-16)18(26)25-11-14-3-5-15(6-4-14)12-27-13-20(22,23)24/h3-10H,11-13H2,1-2H3,(H,25,26). The number of hydrogen-bond donors (Lipinski definition) is 1. The first-order valence-electron chi connectivity index (χ1n) is 8.34. The molecule has 0 heterocycles. The third-order valence-electron chi connectivity index (χ3n) is 4.14. The predicted molar refractivity (Wildman–Crippen MR) is 98.5 cm³/mol. The molecule has 0 aliphatic heterocycles. The number of rotatable bonds is 7. The van der Waals surface area contributed by atoms with Gasteiger partial charge in [0.2, 0.25) is 5.91 Å². The van der Waals surface area contributed by atoms with Gasteiger partial charge in [0.25, 0.3) is 0 Å². The molecule has 7 heteroatoms. The van der Waals surface area contributed by atoms with Crippen molar-refractivity contribution in [3.8, 4) is 0 Å². The van der Waals surface area contributed by atoms with Crippen molar-refractivity contribution < 1.29 is 22.7 Å². The largest absolute Gasteiger partial charge is 0.411 e. The molecule has 0 aliphatic carbocycles. The Labute approximate surface area is 161 Å². The van der Waals surface area contributed by atoms with Crippen molar-refractivity contribution >= 4 is 17.5 Å². The minimum absolute atomic E-state index is 0.115. The van der Waals surface area contributed by atoms with Crippen molar-refractivity contribution in [1.82, 2.24) is 5.32 Å². The van der Waals surface area contributed by atoms with Crippen molar-refractivity contribution in [1.29, 1.82) is 0 Å². The summed E-state index contributed by atoms with van der Waals surface area (Å²) < 4.78 is 40.8. The van der Waals surface area contributed by atoms with Crippen LogP contribution in [0.5, 0.6) is 0 Å². The molecule has 2 aromatic rings. The van der Waals surface area contributed by atoms with Gasteiger partial charge in [-0.3, -0.25) is 4.79 Å². The van der Waals surface area contributed by atoms with Crippen LogP contribution in [0.25, 0.3) is 0 Å². The van der Waals surface area contributed by atoms with E-state index in [1.165, 1.54) is 0 Å². The van der Waals surface area contributed by atoms with Crippen LogP contribution in [0.2, 0.25) is 5.02 Å². The molecule has 0 saturated carbocycles. The Hall–Kier alpha value is -2.05. The number of carbonyl (C=O) groups is 1. The van der Waals surface area contributed by atoms with Crippen LogP contribution in [-0.4, -0.2) is 18.7 Å². The molecule has 2 aromatic carbocycles. The molecule has 0 saturated heterocycles. The van der Waals surface area contributed by atoms with Crippen LogP contribution < -0.4 is 5.32 Å². The Morgan fingerprint density at radius 3 is 2.11 bits per heavy atom. The van der Waals surface area contributed by atoms with Gasteiger partial charge in [0.1, 0.15) is 6.61 Å². The predicted octanol–water partition coefficient (Wildman–Crippen LogP) is 5.01. The summed E-state index contributed by atoms with van der Waals surface area (Å²) in [6.45, 7) is 2.58. The molecule has 0 aromatic heterocycles. The first-order valence-corrected chi connectivity index (χ1v) is 8.72. The Balaban J connectivity index is 1.88. The van der Waals surface area contributed by atoms with Crippen LogP contribution in [0.15, 0.2) is 48.5 Å². The molecule has 0 bridgehead atoms. The van der Waals surface area contributed by atoms with Gasteiger partial charge in [-0.15, -0.1) is 0 Å². The molecule has 1 amide bonds. The van der Waals surface area contributed by atoms with Gasteiger partial charge in [-0.05, 0) is 42.7 Å². The number of ether oxygens (including phenoxy) is 1. The molecule has 0 radical (unpaired) electrons. The van der Waals surface area contributed by atoms with E-state index in [9.17, 15) is 18.0 Å². The zero-order chi connectivity index (χ0) is 20.1. The Morgan fingerprint density at radius 2 is 1.56 bits per heavy atom. The van der Waals surface area contributed by atoms with Crippen molar-refractivity contribution in [2.75, 3.05) is 6.61 Å². The molecule has 0 aliphatic rings. The quantitative estimate of drug-likeness (QED) is 0.710. The molecule has 0 fully saturated rings. The zero-order valence-electron chi connectivity index (χ0n) is 15.1. The average Bonchev–Trinajstić information content (AvgIpc) is 2.60. The topological polar surface area (TPSA) is 38.3 Å². The third-order valence-corrected chi connectivity index (χ3v) is 4.40. The second-order valence-corrected chi connectivity index (χ2v) is 7.18. The molecule has 1 N–H and O–H groups in total. The van der Waals surface area contributed by atoms with Gasteiger partial charge in [-0.25, -0.2) is 0 Å². The van der Waals surface area contributed by atoms with Gasteiger partial charge in [0.05, 0.1) is 12.0 Å². The molecule has 2 rings (SSSR count). The van der Waals surface area contributed by atoms with Gasteiger partial charge in [0, 0.05) is 11.6 Å². The number of benzene rings is 2. The number of nitrogens with one attached hydrogen (secondary N) is 1. The van der Waals surface area contributed by atoms with Crippen molar-refractivity contribution in [3.63, 3.8) is 0 Å². The van der Waals surface area contributed by atoms with Crippen LogP contribution >= 0.6 is 11.6 Å². The highest BCUT2D eigenvalue weighted by atomic mass is 35.5. The van der Waals surface area contributed by atoms with E-state index in [0.29, 0.717) is 17.1 Å². The smallest absolute Gasteiger partial charge is 0.367 e. The Morgan fingerprint density at radius 1 is 1.00 bits per heavy atom. The number of hydrogen-bond acceptors (Lipinski definition) is 2. The summed E-state index contributed by atoms with van der Waals surface area (Å²) >= 11 is 5.88. The lowest BCUT2D eigenvalue weighted by Gasteiger charge is -2.24. The van der Waals surface area contributed by atoms with Gasteiger partial charge < -0.3 is 10.1 Å². The van der Waals surface area contributed by atoms with Gasteiger partial charge in [-0.1, -0.05) is 48.0 Å². The van der Waals surface area contributed by atoms with Crippen molar-refractivity contribution in [3.05, 3.63) is 70.2 Å². The van der Waals surface area contributed by atoms with E-state index in [1.54, 1.807) is 36.4 Å². The summed E-state index contributed by atoms with van der Waals surface area (Å²) in [7, 11) is 0. The van der Waals surface area contributed by atoms with Gasteiger partial charge in [0.15, 0.2) is 0 Å². The molecule has 146 valence electrons. The third kappa shape index (κ3) is 6.56. The highest BCUT2D eigenvalue weighted by Gasteiger charge is 2.29. The van der Waals surface area contributed by atoms with E-state index in [2.05, 4.69) is 10.1 Å².